The smallest absolute Gasteiger partial charge is 0.255 e. The minimum atomic E-state index is -0.239. The molecule has 146 valence electrons. The zero-order chi connectivity index (χ0) is 20.2. The van der Waals surface area contributed by atoms with Crippen molar-refractivity contribution >= 4 is 0 Å². The summed E-state index contributed by atoms with van der Waals surface area (Å²) in [5.41, 5.74) is 3.02. The van der Waals surface area contributed by atoms with Gasteiger partial charge in [0.05, 0.1) is 6.04 Å². The SMILES string of the molecule is Cc1cc(OCc2ncccn2)cc(=O)n1C(C)C#Cc1ccc(C2CC2)cc1. The molecule has 5 nitrogen and oxygen atoms in total. The van der Waals surface area contributed by atoms with Crippen LogP contribution in [-0.4, -0.2) is 14.5 Å². The van der Waals surface area contributed by atoms with Gasteiger partial charge in [-0.25, -0.2) is 9.97 Å². The maximum absolute atomic E-state index is 12.6. The van der Waals surface area contributed by atoms with E-state index in [1.54, 1.807) is 23.0 Å². The van der Waals surface area contributed by atoms with Crippen molar-refractivity contribution in [2.45, 2.75) is 45.3 Å². The normalized spacial score (nSPS) is 14.0. The van der Waals surface area contributed by atoms with E-state index in [1.807, 2.05) is 19.9 Å². The van der Waals surface area contributed by atoms with Gasteiger partial charge in [0.15, 0.2) is 5.82 Å². The lowest BCUT2D eigenvalue weighted by Crippen LogP contribution is -2.24. The van der Waals surface area contributed by atoms with Gasteiger partial charge in [0, 0.05) is 29.7 Å². The summed E-state index contributed by atoms with van der Waals surface area (Å²) in [5.74, 6) is 8.20. The Morgan fingerprint density at radius 1 is 1.17 bits per heavy atom. The van der Waals surface area contributed by atoms with E-state index in [2.05, 4.69) is 46.1 Å². The molecule has 1 fully saturated rings. The summed E-state index contributed by atoms with van der Waals surface area (Å²) < 4.78 is 7.36. The summed E-state index contributed by atoms with van der Waals surface area (Å²) >= 11 is 0. The van der Waals surface area contributed by atoms with Gasteiger partial charge in [-0.1, -0.05) is 24.0 Å². The first-order valence-corrected chi connectivity index (χ1v) is 9.83. The zero-order valence-corrected chi connectivity index (χ0v) is 16.6. The highest BCUT2D eigenvalue weighted by molar-refractivity contribution is 5.38. The highest BCUT2D eigenvalue weighted by atomic mass is 16.5. The van der Waals surface area contributed by atoms with Crippen molar-refractivity contribution in [3.8, 4) is 17.6 Å². The first-order chi connectivity index (χ1) is 14.1. The van der Waals surface area contributed by atoms with Gasteiger partial charge < -0.3 is 4.74 Å². The second-order valence-electron chi connectivity index (χ2n) is 7.34. The standard InChI is InChI=1S/C24H23N3O2/c1-17(4-5-19-6-8-20(9-7-19)21-10-11-21)27-18(2)14-22(15-24(27)28)29-16-23-25-12-3-13-26-23/h3,6-9,12-15,17,21H,10-11,16H2,1-2H3. The van der Waals surface area contributed by atoms with E-state index >= 15 is 0 Å². The lowest BCUT2D eigenvalue weighted by Gasteiger charge is -2.14. The highest BCUT2D eigenvalue weighted by Crippen LogP contribution is 2.39. The number of hydrogen-bond donors (Lipinski definition) is 0. The van der Waals surface area contributed by atoms with Crippen molar-refractivity contribution in [3.05, 3.63) is 87.9 Å². The lowest BCUT2D eigenvalue weighted by molar-refractivity contribution is 0.294. The Kier molecular flexibility index (Phi) is 5.44. The molecular weight excluding hydrogens is 362 g/mol. The molecule has 0 aliphatic heterocycles. The van der Waals surface area contributed by atoms with Gasteiger partial charge in [-0.05, 0) is 62.4 Å². The van der Waals surface area contributed by atoms with E-state index in [0.717, 1.165) is 17.2 Å². The maximum Gasteiger partial charge on any atom is 0.255 e. The second kappa shape index (κ2) is 8.32. The van der Waals surface area contributed by atoms with Crippen LogP contribution in [0.25, 0.3) is 0 Å². The fourth-order valence-corrected chi connectivity index (χ4v) is 3.32. The Hall–Kier alpha value is -3.39. The van der Waals surface area contributed by atoms with Crippen LogP contribution in [-0.2, 0) is 6.61 Å². The van der Waals surface area contributed by atoms with E-state index in [-0.39, 0.29) is 18.2 Å². The van der Waals surface area contributed by atoms with E-state index < -0.39 is 0 Å². The van der Waals surface area contributed by atoms with Crippen molar-refractivity contribution in [1.29, 1.82) is 0 Å². The Bertz CT molecular complexity index is 1100. The second-order valence-corrected chi connectivity index (χ2v) is 7.34. The largest absolute Gasteiger partial charge is 0.485 e. The monoisotopic (exact) mass is 385 g/mol. The van der Waals surface area contributed by atoms with Crippen LogP contribution in [0.1, 0.15) is 54.4 Å². The Morgan fingerprint density at radius 2 is 1.90 bits per heavy atom. The average molecular weight is 385 g/mol. The Labute approximate surface area is 170 Å². The topological polar surface area (TPSA) is 57.0 Å². The molecule has 5 heteroatoms. The van der Waals surface area contributed by atoms with Crippen LogP contribution in [0.3, 0.4) is 0 Å². The molecule has 4 rings (SSSR count). The molecule has 0 bridgehead atoms. The van der Waals surface area contributed by atoms with E-state index in [0.29, 0.717) is 11.6 Å². The van der Waals surface area contributed by atoms with Crippen LogP contribution < -0.4 is 10.3 Å². The summed E-state index contributed by atoms with van der Waals surface area (Å²) in [4.78, 5) is 20.9. The molecule has 29 heavy (non-hydrogen) atoms. The van der Waals surface area contributed by atoms with Crippen LogP contribution in [0.5, 0.6) is 5.75 Å². The summed E-state index contributed by atoms with van der Waals surface area (Å²) in [7, 11) is 0. The van der Waals surface area contributed by atoms with Crippen molar-refractivity contribution in [3.63, 3.8) is 0 Å². The van der Waals surface area contributed by atoms with E-state index in [4.69, 9.17) is 4.74 Å². The number of ether oxygens (including phenoxy) is 1. The van der Waals surface area contributed by atoms with Gasteiger partial charge in [-0.3, -0.25) is 9.36 Å². The molecule has 0 amide bonds. The highest BCUT2D eigenvalue weighted by Gasteiger charge is 2.22. The number of aromatic nitrogens is 3. The lowest BCUT2D eigenvalue weighted by atomic mass is 10.1. The number of pyridine rings is 1. The minimum absolute atomic E-state index is 0.139. The van der Waals surface area contributed by atoms with Crippen LogP contribution in [0, 0.1) is 18.8 Å². The Morgan fingerprint density at radius 3 is 2.55 bits per heavy atom. The van der Waals surface area contributed by atoms with Gasteiger partial charge in [0.2, 0.25) is 0 Å². The van der Waals surface area contributed by atoms with E-state index in [9.17, 15) is 4.79 Å². The molecule has 2 aromatic heterocycles. The van der Waals surface area contributed by atoms with Gasteiger partial charge >= 0.3 is 0 Å². The first kappa shape index (κ1) is 18.9. The Balaban J connectivity index is 1.47. The molecule has 0 N–H and O–H groups in total. The molecule has 0 radical (unpaired) electrons. The average Bonchev–Trinajstić information content (AvgIpc) is 3.57. The molecule has 3 aromatic rings. The van der Waals surface area contributed by atoms with Gasteiger partial charge in [-0.2, -0.15) is 0 Å². The number of rotatable bonds is 5. The first-order valence-electron chi connectivity index (χ1n) is 9.83. The van der Waals surface area contributed by atoms with Gasteiger partial charge in [0.25, 0.3) is 5.56 Å². The predicted molar refractivity (Wildman–Crippen MR) is 112 cm³/mol. The summed E-state index contributed by atoms with van der Waals surface area (Å²) in [6, 6.07) is 13.3. The van der Waals surface area contributed by atoms with Gasteiger partial charge in [0.1, 0.15) is 12.4 Å². The molecule has 1 aromatic carbocycles. The molecule has 0 saturated heterocycles. The number of benzene rings is 1. The molecule has 1 aliphatic rings. The van der Waals surface area contributed by atoms with Crippen molar-refractivity contribution < 1.29 is 4.74 Å². The molecule has 1 aliphatic carbocycles. The molecule has 0 spiro atoms. The molecule has 1 unspecified atom stereocenters. The summed E-state index contributed by atoms with van der Waals surface area (Å²) in [6.07, 6.45) is 5.91. The minimum Gasteiger partial charge on any atom is -0.485 e. The maximum atomic E-state index is 12.6. The third-order valence-electron chi connectivity index (χ3n) is 4.99. The number of nitrogens with zero attached hydrogens (tertiary/aromatic N) is 3. The number of aryl methyl sites for hydroxylation is 1. The van der Waals surface area contributed by atoms with Crippen LogP contribution in [0.4, 0.5) is 0 Å². The van der Waals surface area contributed by atoms with Crippen LogP contribution in [0.15, 0.2) is 59.7 Å². The van der Waals surface area contributed by atoms with E-state index in [1.165, 1.54) is 24.5 Å². The summed E-state index contributed by atoms with van der Waals surface area (Å²) in [5, 5.41) is 0. The van der Waals surface area contributed by atoms with Crippen LogP contribution >= 0.6 is 0 Å². The van der Waals surface area contributed by atoms with Gasteiger partial charge in [-0.15, -0.1) is 0 Å². The van der Waals surface area contributed by atoms with Crippen molar-refractivity contribution in [1.82, 2.24) is 14.5 Å². The third-order valence-corrected chi connectivity index (χ3v) is 4.99. The van der Waals surface area contributed by atoms with Crippen molar-refractivity contribution in [2.24, 2.45) is 0 Å². The zero-order valence-electron chi connectivity index (χ0n) is 16.6. The predicted octanol–water partition coefficient (Wildman–Crippen LogP) is 4.02. The summed E-state index contributed by atoms with van der Waals surface area (Å²) in [6.45, 7) is 4.03. The molecule has 1 saturated carbocycles. The molecule has 2 heterocycles. The fourth-order valence-electron chi connectivity index (χ4n) is 3.32. The fraction of sp³-hybridized carbons (Fsp3) is 0.292. The third kappa shape index (κ3) is 4.72. The molecule has 1 atom stereocenters. The number of hydrogen-bond acceptors (Lipinski definition) is 4. The van der Waals surface area contributed by atoms with Crippen LogP contribution in [0.2, 0.25) is 0 Å². The molecular formula is C24H23N3O2. The quantitative estimate of drug-likeness (QED) is 0.623. The van der Waals surface area contributed by atoms with Crippen molar-refractivity contribution in [2.75, 3.05) is 0 Å².